The molecule has 1 aromatic carbocycles. The van der Waals surface area contributed by atoms with E-state index >= 15 is 0 Å². The van der Waals surface area contributed by atoms with Crippen LogP contribution >= 0.6 is 11.3 Å². The summed E-state index contributed by atoms with van der Waals surface area (Å²) in [6.07, 6.45) is -1.06. The number of aryl methyl sites for hydroxylation is 1. The Labute approximate surface area is 142 Å². The molecular weight excluding hydrogens is 326 g/mol. The number of nitrogens with zero attached hydrogens (tertiary/aromatic N) is 2. The fourth-order valence-electron chi connectivity index (χ4n) is 2.42. The van der Waals surface area contributed by atoms with Crippen molar-refractivity contribution in [3.8, 4) is 10.4 Å². The third kappa shape index (κ3) is 3.22. The minimum absolute atomic E-state index is 0.421. The molecule has 0 aliphatic heterocycles. The summed E-state index contributed by atoms with van der Waals surface area (Å²) in [5, 5.41) is 22.5. The molecule has 2 atom stereocenters. The van der Waals surface area contributed by atoms with Gasteiger partial charge in [-0.15, -0.1) is 11.3 Å². The maximum absolute atomic E-state index is 11.3. The molecule has 0 saturated carbocycles. The highest BCUT2D eigenvalue weighted by Gasteiger charge is 2.24. The molecule has 0 bridgehead atoms. The lowest BCUT2D eigenvalue weighted by molar-refractivity contribution is -0.140. The number of carbonyl (C=O) groups is 1. The molecule has 7 heteroatoms. The number of anilines is 1. The minimum atomic E-state index is -1.14. The van der Waals surface area contributed by atoms with Crippen molar-refractivity contribution in [1.82, 2.24) is 9.97 Å². The molecule has 2 heterocycles. The predicted octanol–water partition coefficient (Wildman–Crippen LogP) is 2.91. The van der Waals surface area contributed by atoms with Crippen LogP contribution in [0.25, 0.3) is 20.7 Å². The van der Waals surface area contributed by atoms with E-state index in [2.05, 4.69) is 15.3 Å². The van der Waals surface area contributed by atoms with E-state index in [0.29, 0.717) is 11.6 Å². The van der Waals surface area contributed by atoms with Gasteiger partial charge in [-0.05, 0) is 25.5 Å². The van der Waals surface area contributed by atoms with Crippen LogP contribution in [0.1, 0.15) is 12.7 Å². The SMILES string of the molecule is Cc1nc(NC(C(=O)O)C(C)O)c2cc(-c3ccccc3)sc2n1. The number of hydrogen-bond donors (Lipinski definition) is 3. The molecule has 2 unspecified atom stereocenters. The van der Waals surface area contributed by atoms with E-state index in [1.54, 1.807) is 6.92 Å². The highest BCUT2D eigenvalue weighted by Crippen LogP contribution is 2.35. The molecule has 24 heavy (non-hydrogen) atoms. The Hall–Kier alpha value is -2.51. The normalized spacial score (nSPS) is 13.6. The Morgan fingerprint density at radius 3 is 2.58 bits per heavy atom. The van der Waals surface area contributed by atoms with Gasteiger partial charge in [0.05, 0.1) is 11.5 Å². The summed E-state index contributed by atoms with van der Waals surface area (Å²) in [4.78, 5) is 21.9. The third-order valence-corrected chi connectivity index (χ3v) is 4.68. The van der Waals surface area contributed by atoms with Gasteiger partial charge in [0, 0.05) is 4.88 Å². The quantitative estimate of drug-likeness (QED) is 0.659. The monoisotopic (exact) mass is 343 g/mol. The number of aromatic nitrogens is 2. The zero-order valence-corrected chi connectivity index (χ0v) is 14.0. The maximum Gasteiger partial charge on any atom is 0.328 e. The number of hydrogen-bond acceptors (Lipinski definition) is 6. The Balaban J connectivity index is 2.08. The molecule has 0 spiro atoms. The number of aliphatic hydroxyl groups is 1. The van der Waals surface area contributed by atoms with E-state index in [1.165, 1.54) is 18.3 Å². The number of aliphatic hydroxyl groups excluding tert-OH is 1. The molecule has 0 fully saturated rings. The van der Waals surface area contributed by atoms with Crippen molar-refractivity contribution >= 4 is 33.3 Å². The van der Waals surface area contributed by atoms with E-state index < -0.39 is 18.1 Å². The smallest absolute Gasteiger partial charge is 0.328 e. The van der Waals surface area contributed by atoms with Crippen molar-refractivity contribution in [3.05, 3.63) is 42.2 Å². The van der Waals surface area contributed by atoms with Crippen LogP contribution in [0.4, 0.5) is 5.82 Å². The molecule has 3 rings (SSSR count). The van der Waals surface area contributed by atoms with Gasteiger partial charge in [0.15, 0.2) is 6.04 Å². The first-order chi connectivity index (χ1) is 11.5. The molecule has 0 saturated heterocycles. The molecule has 0 radical (unpaired) electrons. The number of fused-ring (bicyclic) bond motifs is 1. The zero-order chi connectivity index (χ0) is 17.3. The number of nitrogens with one attached hydrogen (secondary N) is 1. The number of carboxylic acid groups (broad SMARTS) is 1. The van der Waals surface area contributed by atoms with Crippen molar-refractivity contribution < 1.29 is 15.0 Å². The number of aliphatic carboxylic acids is 1. The van der Waals surface area contributed by atoms with Gasteiger partial charge in [-0.2, -0.15) is 0 Å². The van der Waals surface area contributed by atoms with Gasteiger partial charge in [0.2, 0.25) is 0 Å². The van der Waals surface area contributed by atoms with E-state index in [1.807, 2.05) is 36.4 Å². The molecule has 0 amide bonds. The second-order valence-corrected chi connectivity index (χ2v) is 6.55. The second kappa shape index (κ2) is 6.54. The van der Waals surface area contributed by atoms with Gasteiger partial charge in [0.1, 0.15) is 16.5 Å². The third-order valence-electron chi connectivity index (χ3n) is 3.60. The number of carboxylic acids is 1. The first-order valence-corrected chi connectivity index (χ1v) is 8.28. The van der Waals surface area contributed by atoms with Crippen LogP contribution < -0.4 is 5.32 Å². The summed E-state index contributed by atoms with van der Waals surface area (Å²) in [7, 11) is 0. The van der Waals surface area contributed by atoms with Crippen molar-refractivity contribution in [1.29, 1.82) is 0 Å². The van der Waals surface area contributed by atoms with Crippen LogP contribution in [0.2, 0.25) is 0 Å². The molecular formula is C17H17N3O3S. The summed E-state index contributed by atoms with van der Waals surface area (Å²) >= 11 is 1.52. The number of rotatable bonds is 5. The lowest BCUT2D eigenvalue weighted by Crippen LogP contribution is -2.39. The second-order valence-electron chi connectivity index (χ2n) is 5.52. The lowest BCUT2D eigenvalue weighted by Gasteiger charge is -2.18. The van der Waals surface area contributed by atoms with Gasteiger partial charge >= 0.3 is 5.97 Å². The van der Waals surface area contributed by atoms with Crippen molar-refractivity contribution in [2.75, 3.05) is 5.32 Å². The van der Waals surface area contributed by atoms with Crippen molar-refractivity contribution in [2.45, 2.75) is 26.0 Å². The van der Waals surface area contributed by atoms with Crippen LogP contribution in [-0.4, -0.2) is 38.3 Å². The first-order valence-electron chi connectivity index (χ1n) is 7.46. The van der Waals surface area contributed by atoms with Crippen molar-refractivity contribution in [2.24, 2.45) is 0 Å². The highest BCUT2D eigenvalue weighted by molar-refractivity contribution is 7.21. The number of thiophene rings is 1. The maximum atomic E-state index is 11.3. The van der Waals surface area contributed by atoms with Crippen LogP contribution in [0.3, 0.4) is 0 Å². The fraction of sp³-hybridized carbons (Fsp3) is 0.235. The highest BCUT2D eigenvalue weighted by atomic mass is 32.1. The van der Waals surface area contributed by atoms with Gasteiger partial charge < -0.3 is 15.5 Å². The first kappa shape index (κ1) is 16.4. The van der Waals surface area contributed by atoms with Gasteiger partial charge in [-0.25, -0.2) is 14.8 Å². The van der Waals surface area contributed by atoms with Crippen LogP contribution in [0, 0.1) is 6.92 Å². The standard InChI is InChI=1S/C17H17N3O3S/c1-9(21)14(17(22)23)20-15-12-8-13(11-6-4-3-5-7-11)24-16(12)19-10(2)18-15/h3-9,14,21H,1-2H3,(H,22,23)(H,18,19,20). The van der Waals surface area contributed by atoms with Gasteiger partial charge in [-0.3, -0.25) is 0 Å². The van der Waals surface area contributed by atoms with Gasteiger partial charge in [-0.1, -0.05) is 30.3 Å². The van der Waals surface area contributed by atoms with E-state index in [0.717, 1.165) is 20.7 Å². The Morgan fingerprint density at radius 1 is 1.25 bits per heavy atom. The molecule has 6 nitrogen and oxygen atoms in total. The average molecular weight is 343 g/mol. The lowest BCUT2D eigenvalue weighted by atomic mass is 10.1. The summed E-state index contributed by atoms with van der Waals surface area (Å²) in [5.41, 5.74) is 1.06. The Kier molecular flexibility index (Phi) is 4.46. The van der Waals surface area contributed by atoms with E-state index in [4.69, 9.17) is 0 Å². The molecule has 0 aliphatic carbocycles. The molecule has 0 aliphatic rings. The average Bonchev–Trinajstić information content (AvgIpc) is 2.96. The Morgan fingerprint density at radius 2 is 1.96 bits per heavy atom. The molecule has 3 N–H and O–H groups in total. The molecule has 124 valence electrons. The topological polar surface area (TPSA) is 95.3 Å². The summed E-state index contributed by atoms with van der Waals surface area (Å²) in [5.74, 6) is -0.168. The van der Waals surface area contributed by atoms with E-state index in [-0.39, 0.29) is 0 Å². The minimum Gasteiger partial charge on any atom is -0.480 e. The molecule has 2 aromatic heterocycles. The van der Waals surface area contributed by atoms with Crippen LogP contribution in [0.5, 0.6) is 0 Å². The van der Waals surface area contributed by atoms with Gasteiger partial charge in [0.25, 0.3) is 0 Å². The predicted molar refractivity (Wildman–Crippen MR) is 94.3 cm³/mol. The summed E-state index contributed by atoms with van der Waals surface area (Å²) in [6.45, 7) is 3.19. The van der Waals surface area contributed by atoms with E-state index in [9.17, 15) is 15.0 Å². The fourth-order valence-corrected chi connectivity index (χ4v) is 3.50. The Bertz CT molecular complexity index is 877. The number of benzene rings is 1. The van der Waals surface area contributed by atoms with Crippen LogP contribution in [0.15, 0.2) is 36.4 Å². The largest absolute Gasteiger partial charge is 0.480 e. The summed E-state index contributed by atoms with van der Waals surface area (Å²) < 4.78 is 0. The summed E-state index contributed by atoms with van der Waals surface area (Å²) in [6, 6.07) is 10.7. The molecule has 3 aromatic rings. The van der Waals surface area contributed by atoms with Crippen LogP contribution in [-0.2, 0) is 4.79 Å². The van der Waals surface area contributed by atoms with Crippen molar-refractivity contribution in [3.63, 3.8) is 0 Å². The zero-order valence-electron chi connectivity index (χ0n) is 13.2.